The molecule has 1 rings (SSSR count). The van der Waals surface area contributed by atoms with Crippen LogP contribution in [0.1, 0.15) is 31.4 Å². The molecule has 1 aromatic carbocycles. The van der Waals surface area contributed by atoms with E-state index in [-0.39, 0.29) is 5.41 Å². The Morgan fingerprint density at radius 1 is 1.39 bits per heavy atom. The van der Waals surface area contributed by atoms with Gasteiger partial charge in [0.2, 0.25) is 0 Å². The lowest BCUT2D eigenvalue weighted by Crippen LogP contribution is -2.14. The van der Waals surface area contributed by atoms with Gasteiger partial charge in [-0.05, 0) is 40.3 Å². The Hall–Kier alpha value is -1.53. The van der Waals surface area contributed by atoms with Crippen LogP contribution in [0.5, 0.6) is 5.75 Å². The Morgan fingerprint density at radius 2 is 2.11 bits per heavy atom. The van der Waals surface area contributed by atoms with E-state index in [4.69, 9.17) is 10.00 Å². The Balaban J connectivity index is 2.65. The zero-order chi connectivity index (χ0) is 13.6. The number of rotatable bonds is 6. The van der Waals surface area contributed by atoms with Gasteiger partial charge in [-0.15, -0.1) is 0 Å². The van der Waals surface area contributed by atoms with Gasteiger partial charge in [0.05, 0.1) is 18.1 Å². The first-order valence-corrected chi connectivity index (χ1v) is 6.27. The summed E-state index contributed by atoms with van der Waals surface area (Å²) in [6, 6.07) is 8.46. The Bertz CT molecular complexity index is 433. The molecule has 0 amide bonds. The smallest absolute Gasteiger partial charge is 0.123 e. The van der Waals surface area contributed by atoms with Crippen LogP contribution < -0.4 is 10.1 Å². The van der Waals surface area contributed by atoms with E-state index in [1.807, 2.05) is 33.0 Å². The number of nitriles is 1. The molecule has 0 saturated carbocycles. The molecule has 0 unspecified atom stereocenters. The summed E-state index contributed by atoms with van der Waals surface area (Å²) in [4.78, 5) is 0. The third kappa shape index (κ3) is 4.38. The van der Waals surface area contributed by atoms with Crippen molar-refractivity contribution in [1.29, 1.82) is 5.26 Å². The topological polar surface area (TPSA) is 45.0 Å². The minimum absolute atomic E-state index is 0.326. The maximum Gasteiger partial charge on any atom is 0.123 e. The first-order valence-electron chi connectivity index (χ1n) is 6.27. The van der Waals surface area contributed by atoms with Gasteiger partial charge in [-0.2, -0.15) is 5.26 Å². The molecule has 3 heteroatoms. The minimum Gasteiger partial charge on any atom is -0.493 e. The zero-order valence-corrected chi connectivity index (χ0v) is 11.7. The quantitative estimate of drug-likeness (QED) is 0.839. The summed E-state index contributed by atoms with van der Waals surface area (Å²) < 4.78 is 5.79. The van der Waals surface area contributed by atoms with E-state index < -0.39 is 0 Å². The summed E-state index contributed by atoms with van der Waals surface area (Å²) in [7, 11) is 1.92. The van der Waals surface area contributed by atoms with Crippen LogP contribution >= 0.6 is 0 Å². The second-order valence-electron chi connectivity index (χ2n) is 5.24. The van der Waals surface area contributed by atoms with Crippen molar-refractivity contribution in [3.8, 4) is 11.8 Å². The van der Waals surface area contributed by atoms with Crippen molar-refractivity contribution < 1.29 is 4.74 Å². The van der Waals surface area contributed by atoms with Crippen LogP contribution in [0.2, 0.25) is 0 Å². The molecular weight excluding hydrogens is 224 g/mol. The maximum absolute atomic E-state index is 8.95. The molecule has 0 atom stereocenters. The highest BCUT2D eigenvalue weighted by Gasteiger charge is 2.16. The molecule has 0 aliphatic rings. The first-order chi connectivity index (χ1) is 8.48. The molecule has 0 bridgehead atoms. The van der Waals surface area contributed by atoms with Gasteiger partial charge in [-0.1, -0.05) is 17.7 Å². The standard InChI is InChI=1S/C15H22N2O/c1-12-5-6-14(13(9-12)10-17-4)18-8-7-15(2,3)11-16/h5-6,9,17H,7-8,10H2,1-4H3. The Morgan fingerprint density at radius 3 is 2.72 bits per heavy atom. The average Bonchev–Trinajstić information content (AvgIpc) is 2.32. The van der Waals surface area contributed by atoms with E-state index in [0.717, 1.165) is 24.3 Å². The molecule has 98 valence electrons. The summed E-state index contributed by atoms with van der Waals surface area (Å²) in [5, 5.41) is 12.1. The van der Waals surface area contributed by atoms with Gasteiger partial charge in [0.15, 0.2) is 0 Å². The van der Waals surface area contributed by atoms with Crippen LogP contribution in [0, 0.1) is 23.7 Å². The van der Waals surface area contributed by atoms with Crippen molar-refractivity contribution in [3.63, 3.8) is 0 Å². The summed E-state index contributed by atoms with van der Waals surface area (Å²) in [5.74, 6) is 0.906. The Kier molecular flexibility index (Phi) is 5.18. The number of benzene rings is 1. The third-order valence-electron chi connectivity index (χ3n) is 2.87. The van der Waals surface area contributed by atoms with Gasteiger partial charge >= 0.3 is 0 Å². The van der Waals surface area contributed by atoms with E-state index in [1.54, 1.807) is 0 Å². The van der Waals surface area contributed by atoms with Crippen LogP contribution in [0.4, 0.5) is 0 Å². The third-order valence-corrected chi connectivity index (χ3v) is 2.87. The number of ether oxygens (including phenoxy) is 1. The highest BCUT2D eigenvalue weighted by molar-refractivity contribution is 5.36. The molecule has 18 heavy (non-hydrogen) atoms. The van der Waals surface area contributed by atoms with Gasteiger partial charge in [-0.25, -0.2) is 0 Å². The summed E-state index contributed by atoms with van der Waals surface area (Å²) >= 11 is 0. The highest BCUT2D eigenvalue weighted by atomic mass is 16.5. The van der Waals surface area contributed by atoms with Gasteiger partial charge < -0.3 is 10.1 Å². The van der Waals surface area contributed by atoms with Gasteiger partial charge in [0.1, 0.15) is 5.75 Å². The molecule has 3 nitrogen and oxygen atoms in total. The van der Waals surface area contributed by atoms with E-state index in [0.29, 0.717) is 6.61 Å². The van der Waals surface area contributed by atoms with Crippen LogP contribution in [0.25, 0.3) is 0 Å². The second-order valence-corrected chi connectivity index (χ2v) is 5.24. The lowest BCUT2D eigenvalue weighted by molar-refractivity contribution is 0.262. The molecule has 0 aliphatic carbocycles. The maximum atomic E-state index is 8.95. The van der Waals surface area contributed by atoms with Gasteiger partial charge in [0, 0.05) is 12.1 Å². The first kappa shape index (κ1) is 14.5. The highest BCUT2D eigenvalue weighted by Crippen LogP contribution is 2.23. The molecule has 0 fully saturated rings. The second kappa shape index (κ2) is 6.42. The van der Waals surface area contributed by atoms with Crippen molar-refractivity contribution >= 4 is 0 Å². The normalized spacial score (nSPS) is 11.1. The molecule has 0 aromatic heterocycles. The van der Waals surface area contributed by atoms with Crippen molar-refractivity contribution in [2.75, 3.05) is 13.7 Å². The number of aryl methyl sites for hydroxylation is 1. The molecule has 0 saturated heterocycles. The van der Waals surface area contributed by atoms with Gasteiger partial charge in [-0.3, -0.25) is 0 Å². The fraction of sp³-hybridized carbons (Fsp3) is 0.533. The molecule has 1 aromatic rings. The van der Waals surface area contributed by atoms with Crippen LogP contribution in [0.3, 0.4) is 0 Å². The predicted octanol–water partition coefficient (Wildman–Crippen LogP) is 3.03. The molecule has 0 aliphatic heterocycles. The fourth-order valence-electron chi connectivity index (χ4n) is 1.65. The molecule has 0 heterocycles. The average molecular weight is 246 g/mol. The van der Waals surface area contributed by atoms with E-state index in [2.05, 4.69) is 24.4 Å². The summed E-state index contributed by atoms with van der Waals surface area (Å²) in [5.41, 5.74) is 2.06. The van der Waals surface area contributed by atoms with Crippen LogP contribution in [0.15, 0.2) is 18.2 Å². The van der Waals surface area contributed by atoms with E-state index in [9.17, 15) is 0 Å². The summed E-state index contributed by atoms with van der Waals surface area (Å²) in [6.07, 6.45) is 0.733. The van der Waals surface area contributed by atoms with Crippen molar-refractivity contribution in [3.05, 3.63) is 29.3 Å². The minimum atomic E-state index is -0.326. The van der Waals surface area contributed by atoms with Crippen LogP contribution in [-0.4, -0.2) is 13.7 Å². The largest absolute Gasteiger partial charge is 0.493 e. The molecule has 0 spiro atoms. The van der Waals surface area contributed by atoms with E-state index in [1.165, 1.54) is 5.56 Å². The monoisotopic (exact) mass is 246 g/mol. The van der Waals surface area contributed by atoms with Gasteiger partial charge in [0.25, 0.3) is 0 Å². The van der Waals surface area contributed by atoms with E-state index >= 15 is 0 Å². The molecule has 0 radical (unpaired) electrons. The fourth-order valence-corrected chi connectivity index (χ4v) is 1.65. The van der Waals surface area contributed by atoms with Crippen molar-refractivity contribution in [2.24, 2.45) is 5.41 Å². The summed E-state index contributed by atoms with van der Waals surface area (Å²) in [6.45, 7) is 7.29. The number of nitrogens with one attached hydrogen (secondary N) is 1. The predicted molar refractivity (Wildman–Crippen MR) is 73.4 cm³/mol. The lowest BCUT2D eigenvalue weighted by Gasteiger charge is -2.17. The number of hydrogen-bond donors (Lipinski definition) is 1. The number of nitrogens with zero attached hydrogens (tertiary/aromatic N) is 1. The van der Waals surface area contributed by atoms with Crippen molar-refractivity contribution in [2.45, 2.75) is 33.7 Å². The SMILES string of the molecule is CNCc1cc(C)ccc1OCCC(C)(C)C#N. The number of hydrogen-bond acceptors (Lipinski definition) is 3. The molecular formula is C15H22N2O. The lowest BCUT2D eigenvalue weighted by atomic mass is 9.92. The zero-order valence-electron chi connectivity index (χ0n) is 11.7. The van der Waals surface area contributed by atoms with Crippen molar-refractivity contribution in [1.82, 2.24) is 5.32 Å². The molecule has 1 N–H and O–H groups in total. The Labute approximate surface area is 110 Å². The van der Waals surface area contributed by atoms with Crippen LogP contribution in [-0.2, 0) is 6.54 Å².